The summed E-state index contributed by atoms with van der Waals surface area (Å²) in [5.41, 5.74) is 1.43. The van der Waals surface area contributed by atoms with E-state index in [4.69, 9.17) is 5.11 Å². The molecule has 9 heteroatoms. The van der Waals surface area contributed by atoms with Crippen LogP contribution < -0.4 is 10.5 Å². The van der Waals surface area contributed by atoms with Gasteiger partial charge in [-0.2, -0.15) is 5.10 Å². The van der Waals surface area contributed by atoms with Crippen molar-refractivity contribution in [1.29, 1.82) is 0 Å². The van der Waals surface area contributed by atoms with Crippen LogP contribution in [0.25, 0.3) is 16.9 Å². The summed E-state index contributed by atoms with van der Waals surface area (Å²) in [6.45, 7) is 3.81. The molecule has 0 unspecified atom stereocenters. The van der Waals surface area contributed by atoms with Gasteiger partial charge in [0.2, 0.25) is 5.95 Å². The summed E-state index contributed by atoms with van der Waals surface area (Å²) in [4.78, 5) is 35.3. The van der Waals surface area contributed by atoms with Gasteiger partial charge in [-0.1, -0.05) is 0 Å². The van der Waals surface area contributed by atoms with Crippen molar-refractivity contribution in [3.8, 4) is 5.95 Å². The average molecular weight is 355 g/mol. The normalized spacial score (nSPS) is 15.5. The summed E-state index contributed by atoms with van der Waals surface area (Å²) in [5, 5.41) is 11.6. The molecule has 3 heterocycles. The first-order valence-corrected chi connectivity index (χ1v) is 8.30. The number of aromatic nitrogens is 4. The fourth-order valence-corrected chi connectivity index (χ4v) is 3.04. The molecule has 1 aromatic carbocycles. The first-order chi connectivity index (χ1) is 12.5. The molecular weight excluding hydrogens is 336 g/mol. The Kier molecular flexibility index (Phi) is 3.92. The zero-order chi connectivity index (χ0) is 18.3. The standard InChI is InChI=1S/C17H18N6O3/c1-21-4-6-22(7-5-21)12-2-3-14-13(8-12)15(24)20-17(19-14)23-10-11(9-18-23)16(25)26/h2-3,8-10H,4-7H2,1H3,(H,25,26)(H,19,20,24)/p+1. The Labute approximate surface area is 148 Å². The van der Waals surface area contributed by atoms with Crippen molar-refractivity contribution in [3.05, 3.63) is 46.5 Å². The highest BCUT2D eigenvalue weighted by molar-refractivity contribution is 5.87. The van der Waals surface area contributed by atoms with Crippen LogP contribution in [0.4, 0.5) is 5.69 Å². The lowest BCUT2D eigenvalue weighted by Crippen LogP contribution is -2.44. The number of carbonyl (C=O) groups is 1. The molecule has 1 fully saturated rings. The van der Waals surface area contributed by atoms with E-state index in [0.29, 0.717) is 10.9 Å². The lowest BCUT2D eigenvalue weighted by Gasteiger charge is -2.34. The minimum Gasteiger partial charge on any atom is -0.561 e. The van der Waals surface area contributed by atoms with Crippen molar-refractivity contribution in [2.75, 3.05) is 38.1 Å². The lowest BCUT2D eigenvalue weighted by atomic mass is 10.2. The van der Waals surface area contributed by atoms with Crippen LogP contribution in [-0.2, 0) is 0 Å². The Morgan fingerprint density at radius 3 is 2.69 bits per heavy atom. The first-order valence-electron chi connectivity index (χ1n) is 8.30. The highest BCUT2D eigenvalue weighted by Crippen LogP contribution is 2.20. The quantitative estimate of drug-likeness (QED) is 0.648. The smallest absolute Gasteiger partial charge is 0.552 e. The van der Waals surface area contributed by atoms with Crippen molar-refractivity contribution < 1.29 is 9.90 Å². The van der Waals surface area contributed by atoms with Crippen LogP contribution in [0.3, 0.4) is 0 Å². The van der Waals surface area contributed by atoms with Gasteiger partial charge in [0, 0.05) is 36.7 Å². The Morgan fingerprint density at radius 1 is 1.23 bits per heavy atom. The third kappa shape index (κ3) is 2.93. The number of nitrogens with one attached hydrogen (secondary N) is 1. The molecule has 4 rings (SSSR count). The van der Waals surface area contributed by atoms with Gasteiger partial charge in [0.25, 0.3) is 5.56 Å². The molecule has 3 N–H and O–H groups in total. The van der Waals surface area contributed by atoms with Crippen molar-refractivity contribution >= 4 is 22.6 Å². The second-order valence-corrected chi connectivity index (χ2v) is 6.38. The summed E-state index contributed by atoms with van der Waals surface area (Å²) in [6.07, 6.45) is 2.65. The number of anilines is 1. The lowest BCUT2D eigenvalue weighted by molar-refractivity contribution is 0.0697. The van der Waals surface area contributed by atoms with Crippen molar-refractivity contribution in [1.82, 2.24) is 24.6 Å². The van der Waals surface area contributed by atoms with E-state index >= 15 is 0 Å². The molecule has 1 aliphatic heterocycles. The molecule has 1 saturated heterocycles. The second-order valence-electron chi connectivity index (χ2n) is 6.38. The van der Waals surface area contributed by atoms with Crippen LogP contribution in [-0.4, -0.2) is 69.0 Å². The van der Waals surface area contributed by atoms with Crippen LogP contribution in [0, 0.1) is 0 Å². The number of benzene rings is 1. The summed E-state index contributed by atoms with van der Waals surface area (Å²) in [5.74, 6) is -0.626. The molecule has 9 nitrogen and oxygen atoms in total. The van der Waals surface area contributed by atoms with E-state index in [0.717, 1.165) is 31.9 Å². The number of piperazine rings is 1. The number of fused-ring (bicyclic) bond motifs is 1. The minimum atomic E-state index is -0.837. The van der Waals surface area contributed by atoms with Gasteiger partial charge in [0.1, 0.15) is 0 Å². The van der Waals surface area contributed by atoms with Crippen LogP contribution in [0.5, 0.6) is 0 Å². The molecule has 0 spiro atoms. The SMILES string of the molecule is CN1CCN(c2ccc3nc(-n4cc(C(=O)[OH2+])cn4)[nH]c(=O)c3c2)CC1. The van der Waals surface area contributed by atoms with Crippen molar-refractivity contribution in [2.45, 2.75) is 0 Å². The van der Waals surface area contributed by atoms with Gasteiger partial charge in [0.05, 0.1) is 23.3 Å². The second kappa shape index (κ2) is 6.26. The molecule has 0 atom stereocenters. The largest absolute Gasteiger partial charge is 0.561 e. The van der Waals surface area contributed by atoms with E-state index in [-0.39, 0.29) is 17.1 Å². The number of rotatable bonds is 3. The number of hydrogen-bond acceptors (Lipinski definition) is 6. The molecule has 2 aromatic heterocycles. The molecule has 1 aliphatic rings. The average Bonchev–Trinajstić information content (AvgIpc) is 3.13. The van der Waals surface area contributed by atoms with E-state index in [2.05, 4.69) is 31.9 Å². The summed E-state index contributed by atoms with van der Waals surface area (Å²) in [7, 11) is 2.10. The number of nitrogens with zero attached hydrogens (tertiary/aromatic N) is 5. The third-order valence-corrected chi connectivity index (χ3v) is 4.61. The van der Waals surface area contributed by atoms with Crippen LogP contribution in [0.15, 0.2) is 35.4 Å². The van der Waals surface area contributed by atoms with Crippen LogP contribution >= 0.6 is 0 Å². The predicted molar refractivity (Wildman–Crippen MR) is 97.1 cm³/mol. The Balaban J connectivity index is 1.70. The zero-order valence-electron chi connectivity index (χ0n) is 14.3. The number of hydrogen-bond donors (Lipinski definition) is 1. The third-order valence-electron chi connectivity index (χ3n) is 4.61. The monoisotopic (exact) mass is 355 g/mol. The van der Waals surface area contributed by atoms with Crippen LogP contribution in [0.1, 0.15) is 10.4 Å². The number of carbonyl (C=O) groups excluding carboxylic acids is 1. The Hall–Kier alpha value is -3.20. The topological polar surface area (TPSA) is 110 Å². The van der Waals surface area contributed by atoms with E-state index in [1.807, 2.05) is 18.2 Å². The van der Waals surface area contributed by atoms with Gasteiger partial charge in [-0.15, -0.1) is 0 Å². The highest BCUT2D eigenvalue weighted by atomic mass is 16.4. The van der Waals surface area contributed by atoms with Gasteiger partial charge >= 0.3 is 5.97 Å². The molecule has 0 aliphatic carbocycles. The van der Waals surface area contributed by atoms with E-state index in [9.17, 15) is 9.59 Å². The first kappa shape index (κ1) is 16.3. The molecular formula is C17H19N6O3+. The molecule has 3 aromatic rings. The maximum absolute atomic E-state index is 12.5. The Morgan fingerprint density at radius 2 is 2.00 bits per heavy atom. The van der Waals surface area contributed by atoms with Gasteiger partial charge < -0.3 is 14.9 Å². The van der Waals surface area contributed by atoms with E-state index in [1.165, 1.54) is 17.1 Å². The number of likely N-dealkylation sites (N-methyl/N-ethyl adjacent to an activating group) is 1. The van der Waals surface area contributed by atoms with Crippen molar-refractivity contribution in [3.63, 3.8) is 0 Å². The fourth-order valence-electron chi connectivity index (χ4n) is 3.04. The van der Waals surface area contributed by atoms with Crippen LogP contribution in [0.2, 0.25) is 0 Å². The molecule has 0 bridgehead atoms. The van der Waals surface area contributed by atoms with Gasteiger partial charge in [-0.25, -0.2) is 9.67 Å². The fraction of sp³-hybridized carbons (Fsp3) is 0.294. The molecule has 0 saturated carbocycles. The molecule has 0 radical (unpaired) electrons. The summed E-state index contributed by atoms with van der Waals surface area (Å²) < 4.78 is 1.29. The maximum atomic E-state index is 12.5. The minimum absolute atomic E-state index is 0.137. The highest BCUT2D eigenvalue weighted by Gasteiger charge is 2.17. The summed E-state index contributed by atoms with van der Waals surface area (Å²) >= 11 is 0. The van der Waals surface area contributed by atoms with Gasteiger partial charge in [0.15, 0.2) is 5.56 Å². The number of aromatic amines is 1. The van der Waals surface area contributed by atoms with Crippen molar-refractivity contribution in [2.24, 2.45) is 0 Å². The Bertz CT molecular complexity index is 1030. The zero-order valence-corrected chi connectivity index (χ0v) is 14.3. The van der Waals surface area contributed by atoms with E-state index < -0.39 is 5.97 Å². The molecule has 0 amide bonds. The van der Waals surface area contributed by atoms with E-state index in [1.54, 1.807) is 0 Å². The molecule has 26 heavy (non-hydrogen) atoms. The summed E-state index contributed by atoms with van der Waals surface area (Å²) in [6, 6.07) is 5.64. The maximum Gasteiger partial charge on any atom is 0.552 e. The van der Waals surface area contributed by atoms with Gasteiger partial charge in [-0.3, -0.25) is 9.78 Å². The van der Waals surface area contributed by atoms with Gasteiger partial charge in [-0.05, 0) is 25.2 Å². The number of H-pyrrole nitrogens is 1. The predicted octanol–water partition coefficient (Wildman–Crippen LogP) is -0.275. The molecule has 134 valence electrons.